The summed E-state index contributed by atoms with van der Waals surface area (Å²) in [6, 6.07) is 4.15. The Morgan fingerprint density at radius 2 is 2.12 bits per heavy atom. The standard InChI is InChI=1S/C13H19NO2S/c1-9-11(15-2)5-4-10(13(9)16-3)12-8-14-6-7-17-12/h4-5,12,14H,6-8H2,1-3H3. The van der Waals surface area contributed by atoms with Crippen LogP contribution in [-0.2, 0) is 0 Å². The van der Waals surface area contributed by atoms with Crippen LogP contribution in [0.3, 0.4) is 0 Å². The van der Waals surface area contributed by atoms with Gasteiger partial charge in [-0.05, 0) is 13.0 Å². The van der Waals surface area contributed by atoms with E-state index in [1.165, 1.54) is 5.56 Å². The zero-order valence-corrected chi connectivity index (χ0v) is 11.4. The summed E-state index contributed by atoms with van der Waals surface area (Å²) >= 11 is 1.98. The number of benzene rings is 1. The summed E-state index contributed by atoms with van der Waals surface area (Å²) in [4.78, 5) is 0. The van der Waals surface area contributed by atoms with E-state index in [9.17, 15) is 0 Å². The minimum Gasteiger partial charge on any atom is -0.496 e. The molecule has 2 rings (SSSR count). The molecule has 3 nitrogen and oxygen atoms in total. The van der Waals surface area contributed by atoms with Gasteiger partial charge in [-0.25, -0.2) is 0 Å². The van der Waals surface area contributed by atoms with Gasteiger partial charge in [0, 0.05) is 35.2 Å². The number of hydrogen-bond donors (Lipinski definition) is 1. The van der Waals surface area contributed by atoms with Crippen LogP contribution in [0.5, 0.6) is 11.5 Å². The molecule has 0 saturated carbocycles. The normalized spacial score (nSPS) is 20.1. The molecule has 1 aromatic rings. The lowest BCUT2D eigenvalue weighted by Gasteiger charge is -2.25. The van der Waals surface area contributed by atoms with Crippen molar-refractivity contribution in [1.29, 1.82) is 0 Å². The fourth-order valence-electron chi connectivity index (χ4n) is 2.21. The minimum absolute atomic E-state index is 0.475. The van der Waals surface area contributed by atoms with Crippen molar-refractivity contribution in [3.8, 4) is 11.5 Å². The molecule has 1 aliphatic rings. The van der Waals surface area contributed by atoms with E-state index in [2.05, 4.69) is 11.4 Å². The SMILES string of the molecule is COc1ccc(C2CNCCS2)c(OC)c1C. The second-order valence-corrected chi connectivity index (χ2v) is 5.39. The lowest BCUT2D eigenvalue weighted by atomic mass is 10.1. The molecular formula is C13H19NO2S. The highest BCUT2D eigenvalue weighted by Crippen LogP contribution is 2.40. The van der Waals surface area contributed by atoms with E-state index in [0.717, 1.165) is 35.9 Å². The highest BCUT2D eigenvalue weighted by atomic mass is 32.2. The van der Waals surface area contributed by atoms with Crippen LogP contribution in [0.4, 0.5) is 0 Å². The van der Waals surface area contributed by atoms with E-state index in [1.54, 1.807) is 14.2 Å². The van der Waals surface area contributed by atoms with Crippen LogP contribution in [0, 0.1) is 6.92 Å². The molecule has 0 radical (unpaired) electrons. The summed E-state index contributed by atoms with van der Waals surface area (Å²) < 4.78 is 10.9. The van der Waals surface area contributed by atoms with Gasteiger partial charge in [0.15, 0.2) is 0 Å². The topological polar surface area (TPSA) is 30.5 Å². The first-order chi connectivity index (χ1) is 8.27. The third kappa shape index (κ3) is 2.53. The molecule has 1 atom stereocenters. The lowest BCUT2D eigenvalue weighted by molar-refractivity contribution is 0.385. The molecule has 1 aromatic carbocycles. The van der Waals surface area contributed by atoms with Gasteiger partial charge < -0.3 is 14.8 Å². The average Bonchev–Trinajstić information content (AvgIpc) is 2.39. The highest BCUT2D eigenvalue weighted by molar-refractivity contribution is 7.99. The molecular weight excluding hydrogens is 234 g/mol. The lowest BCUT2D eigenvalue weighted by Crippen LogP contribution is -2.28. The van der Waals surface area contributed by atoms with Crippen molar-refractivity contribution in [2.45, 2.75) is 12.2 Å². The summed E-state index contributed by atoms with van der Waals surface area (Å²) in [5.74, 6) is 3.00. The molecule has 1 fully saturated rings. The highest BCUT2D eigenvalue weighted by Gasteiger charge is 2.21. The van der Waals surface area contributed by atoms with E-state index < -0.39 is 0 Å². The van der Waals surface area contributed by atoms with Gasteiger partial charge in [-0.3, -0.25) is 0 Å². The first-order valence-electron chi connectivity index (χ1n) is 5.81. The Morgan fingerprint density at radius 1 is 1.29 bits per heavy atom. The maximum atomic E-state index is 5.55. The number of hydrogen-bond acceptors (Lipinski definition) is 4. The molecule has 1 heterocycles. The third-order valence-electron chi connectivity index (χ3n) is 3.09. The first-order valence-corrected chi connectivity index (χ1v) is 6.86. The van der Waals surface area contributed by atoms with E-state index in [1.807, 2.05) is 24.8 Å². The van der Waals surface area contributed by atoms with Gasteiger partial charge in [-0.1, -0.05) is 6.07 Å². The first kappa shape index (κ1) is 12.6. The smallest absolute Gasteiger partial charge is 0.129 e. The molecule has 0 aliphatic carbocycles. The predicted molar refractivity (Wildman–Crippen MR) is 72.4 cm³/mol. The van der Waals surface area contributed by atoms with Gasteiger partial charge in [0.2, 0.25) is 0 Å². The van der Waals surface area contributed by atoms with Crippen molar-refractivity contribution in [1.82, 2.24) is 5.32 Å². The zero-order chi connectivity index (χ0) is 12.3. The van der Waals surface area contributed by atoms with Crippen LogP contribution in [0.2, 0.25) is 0 Å². The van der Waals surface area contributed by atoms with Crippen LogP contribution in [0.25, 0.3) is 0 Å². The van der Waals surface area contributed by atoms with Crippen molar-refractivity contribution in [3.05, 3.63) is 23.3 Å². The second kappa shape index (κ2) is 5.65. The summed E-state index contributed by atoms with van der Waals surface area (Å²) in [6.07, 6.45) is 0. The van der Waals surface area contributed by atoms with Crippen molar-refractivity contribution in [2.75, 3.05) is 33.1 Å². The fraction of sp³-hybridized carbons (Fsp3) is 0.538. The van der Waals surface area contributed by atoms with Crippen molar-refractivity contribution >= 4 is 11.8 Å². The zero-order valence-electron chi connectivity index (χ0n) is 10.6. The molecule has 1 unspecified atom stereocenters. The van der Waals surface area contributed by atoms with Gasteiger partial charge >= 0.3 is 0 Å². The third-order valence-corrected chi connectivity index (χ3v) is 4.35. The molecule has 1 N–H and O–H groups in total. The Morgan fingerprint density at radius 3 is 2.71 bits per heavy atom. The second-order valence-electron chi connectivity index (χ2n) is 4.08. The largest absolute Gasteiger partial charge is 0.496 e. The number of methoxy groups -OCH3 is 2. The Balaban J connectivity index is 2.35. The molecule has 0 amide bonds. The number of thioether (sulfide) groups is 1. The molecule has 0 aromatic heterocycles. The van der Waals surface area contributed by atoms with Crippen LogP contribution < -0.4 is 14.8 Å². The van der Waals surface area contributed by atoms with Gasteiger partial charge in [-0.15, -0.1) is 0 Å². The monoisotopic (exact) mass is 253 g/mol. The Kier molecular flexibility index (Phi) is 4.18. The van der Waals surface area contributed by atoms with E-state index in [4.69, 9.17) is 9.47 Å². The maximum Gasteiger partial charge on any atom is 0.129 e. The fourth-order valence-corrected chi connectivity index (χ4v) is 3.35. The summed E-state index contributed by atoms with van der Waals surface area (Å²) in [5.41, 5.74) is 2.35. The quantitative estimate of drug-likeness (QED) is 0.896. The molecule has 1 aliphatic heterocycles. The number of ether oxygens (including phenoxy) is 2. The summed E-state index contributed by atoms with van der Waals surface area (Å²) in [5, 5.41) is 3.90. The van der Waals surface area contributed by atoms with Crippen molar-refractivity contribution < 1.29 is 9.47 Å². The van der Waals surface area contributed by atoms with E-state index in [0.29, 0.717) is 5.25 Å². The van der Waals surface area contributed by atoms with Gasteiger partial charge in [-0.2, -0.15) is 11.8 Å². The molecule has 0 bridgehead atoms. The molecule has 0 spiro atoms. The molecule has 4 heteroatoms. The Labute approximate surface area is 107 Å². The van der Waals surface area contributed by atoms with Crippen molar-refractivity contribution in [3.63, 3.8) is 0 Å². The Bertz CT molecular complexity index is 389. The van der Waals surface area contributed by atoms with Crippen LogP contribution in [0.1, 0.15) is 16.4 Å². The van der Waals surface area contributed by atoms with Crippen LogP contribution >= 0.6 is 11.8 Å². The average molecular weight is 253 g/mol. The maximum absolute atomic E-state index is 5.55. The molecule has 94 valence electrons. The van der Waals surface area contributed by atoms with E-state index >= 15 is 0 Å². The summed E-state index contributed by atoms with van der Waals surface area (Å²) in [7, 11) is 3.42. The number of nitrogens with one attached hydrogen (secondary N) is 1. The Hall–Kier alpha value is -0.870. The van der Waals surface area contributed by atoms with Crippen LogP contribution in [-0.4, -0.2) is 33.1 Å². The van der Waals surface area contributed by atoms with Gasteiger partial charge in [0.25, 0.3) is 0 Å². The minimum atomic E-state index is 0.475. The predicted octanol–water partition coefficient (Wildman–Crippen LogP) is 2.39. The number of rotatable bonds is 3. The van der Waals surface area contributed by atoms with Gasteiger partial charge in [0.1, 0.15) is 11.5 Å². The molecule has 17 heavy (non-hydrogen) atoms. The van der Waals surface area contributed by atoms with E-state index in [-0.39, 0.29) is 0 Å². The van der Waals surface area contributed by atoms with Gasteiger partial charge in [0.05, 0.1) is 14.2 Å². The van der Waals surface area contributed by atoms with Crippen LogP contribution in [0.15, 0.2) is 12.1 Å². The van der Waals surface area contributed by atoms with Crippen molar-refractivity contribution in [2.24, 2.45) is 0 Å². The molecule has 1 saturated heterocycles. The summed E-state index contributed by atoms with van der Waals surface area (Å²) in [6.45, 7) is 4.15.